The Bertz CT molecular complexity index is 385. The van der Waals surface area contributed by atoms with Crippen LogP contribution in [0.4, 0.5) is 0 Å². The monoisotopic (exact) mass is 253 g/mol. The van der Waals surface area contributed by atoms with Crippen LogP contribution >= 0.6 is 11.6 Å². The van der Waals surface area contributed by atoms with Crippen LogP contribution in [0, 0.1) is 0 Å². The molecular weight excluding hydrogens is 238 g/mol. The normalized spacial score (nSPS) is 18.0. The molecule has 1 heterocycles. The molecule has 1 aromatic carbocycles. The zero-order valence-electron chi connectivity index (χ0n) is 9.86. The van der Waals surface area contributed by atoms with Crippen LogP contribution in [-0.4, -0.2) is 31.1 Å². The number of hydrogen-bond acceptors (Lipinski definition) is 3. The number of ether oxygens (including phenoxy) is 1. The molecule has 0 spiro atoms. The van der Waals surface area contributed by atoms with Crippen molar-refractivity contribution in [1.29, 1.82) is 0 Å². The molecule has 0 saturated carbocycles. The van der Waals surface area contributed by atoms with Crippen molar-refractivity contribution in [2.75, 3.05) is 20.2 Å². The molecule has 1 aliphatic rings. The summed E-state index contributed by atoms with van der Waals surface area (Å²) in [5.74, 6) is -0.200. The summed E-state index contributed by atoms with van der Waals surface area (Å²) in [6.45, 7) is 1.89. The number of halogens is 1. The Balaban J connectivity index is 2.25. The number of carbonyl (C=O) groups excluding carboxylic acids is 1. The predicted octanol–water partition coefficient (Wildman–Crippen LogP) is 2.65. The first-order valence-corrected chi connectivity index (χ1v) is 6.17. The Morgan fingerprint density at radius 3 is 2.41 bits per heavy atom. The highest BCUT2D eigenvalue weighted by Crippen LogP contribution is 2.27. The summed E-state index contributed by atoms with van der Waals surface area (Å²) in [6.07, 6.45) is 2.28. The van der Waals surface area contributed by atoms with Gasteiger partial charge in [-0.05, 0) is 43.6 Å². The van der Waals surface area contributed by atoms with Crippen molar-refractivity contribution >= 4 is 17.6 Å². The van der Waals surface area contributed by atoms with Crippen molar-refractivity contribution in [3.05, 3.63) is 34.9 Å². The van der Waals surface area contributed by atoms with Crippen LogP contribution in [-0.2, 0) is 9.53 Å². The van der Waals surface area contributed by atoms with E-state index in [0.29, 0.717) is 5.02 Å². The van der Waals surface area contributed by atoms with Crippen molar-refractivity contribution in [1.82, 2.24) is 4.90 Å². The first-order chi connectivity index (χ1) is 8.22. The summed E-state index contributed by atoms with van der Waals surface area (Å²) in [4.78, 5) is 14.0. The highest BCUT2D eigenvalue weighted by atomic mass is 35.5. The Kier molecular flexibility index (Phi) is 4.02. The molecule has 1 atom stereocenters. The van der Waals surface area contributed by atoms with Gasteiger partial charge in [-0.25, -0.2) is 4.79 Å². The molecule has 0 aliphatic carbocycles. The van der Waals surface area contributed by atoms with Gasteiger partial charge in [-0.3, -0.25) is 4.90 Å². The van der Waals surface area contributed by atoms with Crippen LogP contribution in [0.2, 0.25) is 5.02 Å². The van der Waals surface area contributed by atoms with Gasteiger partial charge < -0.3 is 4.74 Å². The molecule has 92 valence electrons. The van der Waals surface area contributed by atoms with Crippen molar-refractivity contribution in [3.8, 4) is 0 Å². The number of methoxy groups -OCH3 is 1. The number of rotatable bonds is 3. The first kappa shape index (κ1) is 12.4. The molecule has 0 bridgehead atoms. The number of likely N-dealkylation sites (tertiary alicyclic amines) is 1. The minimum atomic E-state index is -0.292. The Morgan fingerprint density at radius 2 is 1.88 bits per heavy atom. The van der Waals surface area contributed by atoms with Crippen molar-refractivity contribution in [2.45, 2.75) is 18.9 Å². The van der Waals surface area contributed by atoms with Gasteiger partial charge in [0.2, 0.25) is 0 Å². The zero-order chi connectivity index (χ0) is 12.3. The summed E-state index contributed by atoms with van der Waals surface area (Å²) in [6, 6.07) is 7.11. The third-order valence-electron chi connectivity index (χ3n) is 3.12. The van der Waals surface area contributed by atoms with Gasteiger partial charge in [0.15, 0.2) is 0 Å². The van der Waals surface area contributed by atoms with Gasteiger partial charge in [-0.2, -0.15) is 0 Å². The molecule has 0 amide bonds. The standard InChI is InChI=1S/C13H16ClNO2/c1-17-13(16)12(15-8-2-3-9-15)10-4-6-11(14)7-5-10/h4-7,12H,2-3,8-9H2,1H3. The average Bonchev–Trinajstić information content (AvgIpc) is 2.85. The minimum Gasteiger partial charge on any atom is -0.468 e. The lowest BCUT2D eigenvalue weighted by Crippen LogP contribution is -2.32. The first-order valence-electron chi connectivity index (χ1n) is 5.79. The summed E-state index contributed by atoms with van der Waals surface area (Å²) < 4.78 is 4.90. The lowest BCUT2D eigenvalue weighted by Gasteiger charge is -2.25. The van der Waals surface area contributed by atoms with E-state index >= 15 is 0 Å². The Labute approximate surface area is 106 Å². The number of esters is 1. The number of benzene rings is 1. The fourth-order valence-electron chi connectivity index (χ4n) is 2.25. The maximum atomic E-state index is 11.9. The van der Waals surface area contributed by atoms with Gasteiger partial charge in [0.05, 0.1) is 7.11 Å². The van der Waals surface area contributed by atoms with Gasteiger partial charge in [-0.1, -0.05) is 23.7 Å². The van der Waals surface area contributed by atoms with E-state index in [2.05, 4.69) is 4.90 Å². The van der Waals surface area contributed by atoms with Crippen LogP contribution in [0.1, 0.15) is 24.4 Å². The van der Waals surface area contributed by atoms with Gasteiger partial charge in [0.25, 0.3) is 0 Å². The van der Waals surface area contributed by atoms with E-state index in [-0.39, 0.29) is 12.0 Å². The number of carbonyl (C=O) groups is 1. The molecule has 0 radical (unpaired) electrons. The summed E-state index contributed by atoms with van der Waals surface area (Å²) in [5.41, 5.74) is 0.947. The zero-order valence-corrected chi connectivity index (χ0v) is 10.6. The lowest BCUT2D eigenvalue weighted by atomic mass is 10.1. The third-order valence-corrected chi connectivity index (χ3v) is 3.37. The second kappa shape index (κ2) is 5.52. The molecule has 4 heteroatoms. The predicted molar refractivity (Wildman–Crippen MR) is 67.0 cm³/mol. The van der Waals surface area contributed by atoms with Crippen LogP contribution in [0.3, 0.4) is 0 Å². The molecule has 1 saturated heterocycles. The Morgan fingerprint density at radius 1 is 1.29 bits per heavy atom. The fraction of sp³-hybridized carbons (Fsp3) is 0.462. The highest BCUT2D eigenvalue weighted by Gasteiger charge is 2.30. The lowest BCUT2D eigenvalue weighted by molar-refractivity contribution is -0.146. The highest BCUT2D eigenvalue weighted by molar-refractivity contribution is 6.30. The minimum absolute atomic E-state index is 0.200. The van der Waals surface area contributed by atoms with Crippen LogP contribution in [0.5, 0.6) is 0 Å². The molecule has 1 aromatic rings. The second-order valence-corrected chi connectivity index (χ2v) is 4.66. The fourth-order valence-corrected chi connectivity index (χ4v) is 2.38. The smallest absolute Gasteiger partial charge is 0.327 e. The van der Waals surface area contributed by atoms with Gasteiger partial charge >= 0.3 is 5.97 Å². The van der Waals surface area contributed by atoms with E-state index in [1.165, 1.54) is 7.11 Å². The molecule has 2 rings (SSSR count). The Hall–Kier alpha value is -1.06. The molecule has 1 fully saturated rings. The summed E-state index contributed by atoms with van der Waals surface area (Å²) >= 11 is 5.86. The van der Waals surface area contributed by atoms with Crippen molar-refractivity contribution < 1.29 is 9.53 Å². The molecule has 17 heavy (non-hydrogen) atoms. The van der Waals surface area contributed by atoms with E-state index in [4.69, 9.17) is 16.3 Å². The van der Waals surface area contributed by atoms with E-state index < -0.39 is 0 Å². The second-order valence-electron chi connectivity index (χ2n) is 4.22. The molecule has 1 aliphatic heterocycles. The number of nitrogens with zero attached hydrogens (tertiary/aromatic N) is 1. The van der Waals surface area contributed by atoms with E-state index in [9.17, 15) is 4.79 Å². The summed E-state index contributed by atoms with van der Waals surface area (Å²) in [7, 11) is 1.43. The SMILES string of the molecule is COC(=O)C(c1ccc(Cl)cc1)N1CCCC1. The quantitative estimate of drug-likeness (QED) is 0.776. The average molecular weight is 254 g/mol. The maximum absolute atomic E-state index is 11.9. The maximum Gasteiger partial charge on any atom is 0.327 e. The van der Waals surface area contributed by atoms with Crippen molar-refractivity contribution in [3.63, 3.8) is 0 Å². The van der Waals surface area contributed by atoms with Gasteiger partial charge in [-0.15, -0.1) is 0 Å². The van der Waals surface area contributed by atoms with Gasteiger partial charge in [0.1, 0.15) is 6.04 Å². The molecule has 1 unspecified atom stereocenters. The topological polar surface area (TPSA) is 29.5 Å². The third kappa shape index (κ3) is 2.79. The van der Waals surface area contributed by atoms with Gasteiger partial charge in [0, 0.05) is 5.02 Å². The van der Waals surface area contributed by atoms with Crippen LogP contribution < -0.4 is 0 Å². The number of hydrogen-bond donors (Lipinski definition) is 0. The van der Waals surface area contributed by atoms with Crippen LogP contribution in [0.25, 0.3) is 0 Å². The van der Waals surface area contributed by atoms with E-state index in [1.54, 1.807) is 0 Å². The summed E-state index contributed by atoms with van der Waals surface area (Å²) in [5, 5.41) is 0.679. The van der Waals surface area contributed by atoms with Crippen molar-refractivity contribution in [2.24, 2.45) is 0 Å². The van der Waals surface area contributed by atoms with Crippen LogP contribution in [0.15, 0.2) is 24.3 Å². The van der Waals surface area contributed by atoms with E-state index in [0.717, 1.165) is 31.5 Å². The largest absolute Gasteiger partial charge is 0.468 e. The molecule has 3 nitrogen and oxygen atoms in total. The molecule has 0 N–H and O–H groups in total. The van der Waals surface area contributed by atoms with E-state index in [1.807, 2.05) is 24.3 Å². The molecule has 0 aromatic heterocycles. The molecular formula is C13H16ClNO2.